The van der Waals surface area contributed by atoms with E-state index in [2.05, 4.69) is 6.92 Å². The van der Waals surface area contributed by atoms with Crippen LogP contribution in [-0.2, 0) is 11.3 Å². The number of carbonyl (C=O) groups excluding carboxylic acids is 1. The van der Waals surface area contributed by atoms with Crippen LogP contribution in [0.3, 0.4) is 0 Å². The highest BCUT2D eigenvalue weighted by Gasteiger charge is 2.08. The van der Waals surface area contributed by atoms with Crippen LogP contribution in [-0.4, -0.2) is 22.6 Å². The molecule has 0 aliphatic rings. The summed E-state index contributed by atoms with van der Waals surface area (Å²) in [7, 11) is 1.46. The van der Waals surface area contributed by atoms with Crippen LogP contribution in [0.15, 0.2) is 59.4 Å². The molecule has 1 aromatic heterocycles. The van der Waals surface area contributed by atoms with E-state index in [0.717, 1.165) is 23.7 Å². The van der Waals surface area contributed by atoms with Crippen LogP contribution in [0.5, 0.6) is 11.5 Å². The Morgan fingerprint density at radius 2 is 1.90 bits per heavy atom. The number of unbranched alkanes of at least 4 members (excludes halogenated alkanes) is 1. The first kappa shape index (κ1) is 22.4. The van der Waals surface area contributed by atoms with E-state index in [-0.39, 0.29) is 17.1 Å². The van der Waals surface area contributed by atoms with Gasteiger partial charge in [-0.25, -0.2) is 0 Å². The Bertz CT molecular complexity index is 1220. The van der Waals surface area contributed by atoms with E-state index >= 15 is 0 Å². The van der Waals surface area contributed by atoms with Crippen molar-refractivity contribution in [2.45, 2.75) is 26.3 Å². The quantitative estimate of drug-likeness (QED) is 0.475. The molecule has 0 fully saturated rings. The number of methoxy groups -OCH3 is 1. The van der Waals surface area contributed by atoms with Gasteiger partial charge in [-0.1, -0.05) is 43.2 Å². The Morgan fingerprint density at radius 3 is 2.65 bits per heavy atom. The number of halogens is 1. The van der Waals surface area contributed by atoms with Gasteiger partial charge in [0.2, 0.25) is 0 Å². The normalized spacial score (nSPS) is 11.6. The first-order valence-corrected chi connectivity index (χ1v) is 10.4. The molecule has 3 aromatic rings. The van der Waals surface area contributed by atoms with Gasteiger partial charge in [0.05, 0.1) is 12.6 Å². The number of hydrogen-bond acceptors (Lipinski definition) is 4. The summed E-state index contributed by atoms with van der Waals surface area (Å²) in [5, 5.41) is 11.1. The summed E-state index contributed by atoms with van der Waals surface area (Å²) >= 11 is 6.13. The van der Waals surface area contributed by atoms with E-state index in [9.17, 15) is 14.7 Å². The third-order valence-corrected chi connectivity index (χ3v) is 5.13. The van der Waals surface area contributed by atoms with Gasteiger partial charge in [-0.15, -0.1) is 0 Å². The van der Waals surface area contributed by atoms with Gasteiger partial charge in [0, 0.05) is 17.1 Å². The molecule has 5 nitrogen and oxygen atoms in total. The minimum Gasteiger partial charge on any atom is -0.504 e. The number of carbonyl (C=O) groups is 1. The average molecular weight is 438 g/mol. The number of hydrogen-bond donors (Lipinski definition) is 1. The molecule has 0 unspecified atom stereocenters. The standard InChI is InChI=1S/C25H24ClNO4/c1-3-4-13-27-22-16-20(26)9-7-18(22)15-19(25(27)30)8-11-21(28)10-5-17-6-12-23(29)24(14-17)31-2/h5-12,14-16,29H,3-4,13H2,1-2H3/b10-5+,11-8+. The number of allylic oxidation sites excluding steroid dienone is 2. The number of benzene rings is 2. The maximum absolute atomic E-state index is 13.0. The fourth-order valence-corrected chi connectivity index (χ4v) is 3.39. The number of ketones is 1. The van der Waals surface area contributed by atoms with Crippen LogP contribution in [0, 0.1) is 0 Å². The fourth-order valence-electron chi connectivity index (χ4n) is 3.23. The first-order valence-electron chi connectivity index (χ1n) is 10.0. The lowest BCUT2D eigenvalue weighted by Gasteiger charge is -2.11. The van der Waals surface area contributed by atoms with Crippen molar-refractivity contribution < 1.29 is 14.6 Å². The fraction of sp³-hybridized carbons (Fsp3) is 0.200. The number of rotatable bonds is 8. The van der Waals surface area contributed by atoms with Crippen molar-refractivity contribution in [3.05, 3.63) is 81.1 Å². The highest BCUT2D eigenvalue weighted by Crippen LogP contribution is 2.26. The van der Waals surface area contributed by atoms with Gasteiger partial charge in [0.25, 0.3) is 5.56 Å². The topological polar surface area (TPSA) is 68.5 Å². The second-order valence-corrected chi connectivity index (χ2v) is 7.55. The minimum absolute atomic E-state index is 0.0304. The van der Waals surface area contributed by atoms with Crippen LogP contribution < -0.4 is 10.3 Å². The van der Waals surface area contributed by atoms with Gasteiger partial charge >= 0.3 is 0 Å². The molecule has 0 aliphatic carbocycles. The highest BCUT2D eigenvalue weighted by atomic mass is 35.5. The second kappa shape index (κ2) is 10.1. The second-order valence-electron chi connectivity index (χ2n) is 7.11. The van der Waals surface area contributed by atoms with Crippen LogP contribution in [0.1, 0.15) is 30.9 Å². The predicted octanol–water partition coefficient (Wildman–Crippen LogP) is 5.46. The number of aryl methyl sites for hydroxylation is 1. The van der Waals surface area contributed by atoms with Gasteiger partial charge in [0.1, 0.15) is 0 Å². The molecule has 0 amide bonds. The molecule has 0 atom stereocenters. The van der Waals surface area contributed by atoms with E-state index < -0.39 is 0 Å². The Labute approximate surface area is 185 Å². The average Bonchev–Trinajstić information content (AvgIpc) is 2.76. The first-order chi connectivity index (χ1) is 14.9. The smallest absolute Gasteiger partial charge is 0.258 e. The van der Waals surface area contributed by atoms with Crippen LogP contribution >= 0.6 is 11.6 Å². The molecule has 0 aliphatic heterocycles. The molecule has 1 heterocycles. The zero-order chi connectivity index (χ0) is 22.4. The van der Waals surface area contributed by atoms with E-state index in [1.807, 2.05) is 6.07 Å². The zero-order valence-corrected chi connectivity index (χ0v) is 18.2. The van der Waals surface area contributed by atoms with Crippen molar-refractivity contribution in [3.63, 3.8) is 0 Å². The van der Waals surface area contributed by atoms with E-state index in [1.165, 1.54) is 25.3 Å². The number of aromatic nitrogens is 1. The molecule has 6 heteroatoms. The molecule has 160 valence electrons. The summed E-state index contributed by atoms with van der Waals surface area (Å²) in [6.07, 6.45) is 7.77. The zero-order valence-electron chi connectivity index (χ0n) is 17.5. The Morgan fingerprint density at radius 1 is 1.13 bits per heavy atom. The molecule has 0 spiro atoms. The van der Waals surface area contributed by atoms with Gasteiger partial charge < -0.3 is 14.4 Å². The summed E-state index contributed by atoms with van der Waals surface area (Å²) in [5.41, 5.74) is 1.79. The SMILES string of the molecule is CCCCn1c(=O)c(/C=C/C(=O)/C=C/c2ccc(O)c(OC)c2)cc2ccc(Cl)cc21. The summed E-state index contributed by atoms with van der Waals surface area (Å²) in [4.78, 5) is 25.3. The number of phenolic OH excluding ortho intramolecular Hbond substituents is 1. The molecule has 0 saturated carbocycles. The highest BCUT2D eigenvalue weighted by molar-refractivity contribution is 6.31. The summed E-state index contributed by atoms with van der Waals surface area (Å²) in [5.74, 6) is 0.0969. The Kier molecular flexibility index (Phi) is 7.32. The van der Waals surface area contributed by atoms with Crippen LogP contribution in [0.2, 0.25) is 5.02 Å². The Hall–Kier alpha value is -3.31. The third kappa shape index (κ3) is 5.44. The third-order valence-electron chi connectivity index (χ3n) is 4.89. The van der Waals surface area contributed by atoms with Gasteiger partial charge in [0.15, 0.2) is 17.3 Å². The molecular weight excluding hydrogens is 414 g/mol. The number of fused-ring (bicyclic) bond motifs is 1. The van der Waals surface area contributed by atoms with Crippen molar-refractivity contribution in [3.8, 4) is 11.5 Å². The number of phenols is 1. The van der Waals surface area contributed by atoms with E-state index in [0.29, 0.717) is 28.4 Å². The number of aromatic hydroxyl groups is 1. The van der Waals surface area contributed by atoms with Crippen molar-refractivity contribution in [1.29, 1.82) is 0 Å². The van der Waals surface area contributed by atoms with Crippen molar-refractivity contribution in [2.24, 2.45) is 0 Å². The molecule has 0 radical (unpaired) electrons. The Balaban J connectivity index is 1.88. The van der Waals surface area contributed by atoms with Gasteiger partial charge in [-0.3, -0.25) is 9.59 Å². The van der Waals surface area contributed by atoms with Gasteiger partial charge in [-0.2, -0.15) is 0 Å². The predicted molar refractivity (Wildman–Crippen MR) is 126 cm³/mol. The van der Waals surface area contributed by atoms with Crippen LogP contribution in [0.4, 0.5) is 0 Å². The molecule has 0 bridgehead atoms. The van der Waals surface area contributed by atoms with Gasteiger partial charge in [-0.05, 0) is 65.9 Å². The monoisotopic (exact) mass is 437 g/mol. The molecule has 2 aromatic carbocycles. The van der Waals surface area contributed by atoms with Crippen LogP contribution in [0.25, 0.3) is 23.1 Å². The maximum atomic E-state index is 13.0. The number of nitrogens with zero attached hydrogens (tertiary/aromatic N) is 1. The lowest BCUT2D eigenvalue weighted by atomic mass is 10.1. The maximum Gasteiger partial charge on any atom is 0.258 e. The molecule has 1 N–H and O–H groups in total. The molecule has 31 heavy (non-hydrogen) atoms. The minimum atomic E-state index is -0.261. The molecular formula is C25H24ClNO4. The summed E-state index contributed by atoms with van der Waals surface area (Å²) in [6, 6.07) is 12.0. The lowest BCUT2D eigenvalue weighted by molar-refractivity contribution is -0.110. The van der Waals surface area contributed by atoms with E-state index in [4.69, 9.17) is 16.3 Å². The summed E-state index contributed by atoms with van der Waals surface area (Å²) in [6.45, 7) is 2.66. The lowest BCUT2D eigenvalue weighted by Crippen LogP contribution is -2.22. The number of pyridine rings is 1. The van der Waals surface area contributed by atoms with E-state index in [1.54, 1.807) is 47.1 Å². The number of ether oxygens (including phenoxy) is 1. The summed E-state index contributed by atoms with van der Waals surface area (Å²) < 4.78 is 6.78. The largest absolute Gasteiger partial charge is 0.504 e. The van der Waals surface area contributed by atoms with Crippen molar-refractivity contribution in [2.75, 3.05) is 7.11 Å². The molecule has 0 saturated heterocycles. The van der Waals surface area contributed by atoms with Crippen molar-refractivity contribution in [1.82, 2.24) is 4.57 Å². The van der Waals surface area contributed by atoms with Crippen molar-refractivity contribution >= 4 is 40.4 Å². The molecule has 3 rings (SSSR count).